The van der Waals surface area contributed by atoms with Gasteiger partial charge in [-0.05, 0) is 36.4 Å². The van der Waals surface area contributed by atoms with Crippen molar-refractivity contribution in [3.05, 3.63) is 0 Å². The summed E-state index contributed by atoms with van der Waals surface area (Å²) in [5, 5.41) is 0. The monoisotopic (exact) mass is 268 g/mol. The molecule has 0 amide bonds. The lowest BCUT2D eigenvalue weighted by atomic mass is 9.97. The average Bonchev–Trinajstić information content (AvgIpc) is 2.77. The number of Topliss-reactive ketones (excluding diaryl/α,β-unsaturated/α-hetero) is 1. The Balaban J connectivity index is 1.98. The maximum Gasteiger partial charge on any atom is 0.187 e. The molecule has 0 saturated heterocycles. The van der Waals surface area contributed by atoms with Crippen molar-refractivity contribution in [3.8, 4) is 0 Å². The Kier molecular flexibility index (Phi) is 3.76. The second-order valence-corrected chi connectivity index (χ2v) is 11.7. The number of hydrogen-bond acceptors (Lipinski definition) is 2. The molecule has 2 aliphatic carbocycles. The van der Waals surface area contributed by atoms with E-state index >= 15 is 0 Å². The van der Waals surface area contributed by atoms with Crippen molar-refractivity contribution in [1.29, 1.82) is 0 Å². The maximum atomic E-state index is 11.8. The van der Waals surface area contributed by atoms with Crippen LogP contribution in [0, 0.1) is 17.3 Å². The van der Waals surface area contributed by atoms with Crippen LogP contribution in [0.5, 0.6) is 0 Å². The normalized spacial score (nSPS) is 34.3. The third-order valence-electron chi connectivity index (χ3n) is 5.02. The molecule has 2 nitrogen and oxygen atoms in total. The Labute approximate surface area is 113 Å². The number of hydrogen-bond donors (Lipinski definition) is 0. The van der Waals surface area contributed by atoms with E-state index < -0.39 is 8.32 Å². The summed E-state index contributed by atoms with van der Waals surface area (Å²) in [6.45, 7) is 11.5. The lowest BCUT2D eigenvalue weighted by Crippen LogP contribution is -2.39. The highest BCUT2D eigenvalue weighted by molar-refractivity contribution is 6.71. The van der Waals surface area contributed by atoms with Gasteiger partial charge in [0.25, 0.3) is 0 Å². The van der Waals surface area contributed by atoms with Crippen molar-refractivity contribution in [2.75, 3.05) is 0 Å². The fourth-order valence-corrected chi connectivity index (χ4v) is 6.15. The SMILES string of the molecule is CCCC[Si](C)(C)OC1CC(=O)CC2C1C2(C)C. The summed E-state index contributed by atoms with van der Waals surface area (Å²) in [5.41, 5.74) is 0.339. The summed E-state index contributed by atoms with van der Waals surface area (Å²) in [7, 11) is -1.57. The van der Waals surface area contributed by atoms with Gasteiger partial charge in [0.15, 0.2) is 8.32 Å². The van der Waals surface area contributed by atoms with Crippen LogP contribution >= 0.6 is 0 Å². The van der Waals surface area contributed by atoms with Crippen LogP contribution in [0.4, 0.5) is 0 Å². The highest BCUT2D eigenvalue weighted by atomic mass is 28.4. The largest absolute Gasteiger partial charge is 0.414 e. The molecular formula is C15H28O2Si. The summed E-state index contributed by atoms with van der Waals surface area (Å²) in [5.74, 6) is 1.66. The number of rotatable bonds is 5. The number of fused-ring (bicyclic) bond motifs is 1. The molecule has 0 aromatic carbocycles. The van der Waals surface area contributed by atoms with Crippen LogP contribution in [0.25, 0.3) is 0 Å². The lowest BCUT2D eigenvalue weighted by Gasteiger charge is -2.31. The predicted molar refractivity (Wildman–Crippen MR) is 77.1 cm³/mol. The van der Waals surface area contributed by atoms with E-state index in [9.17, 15) is 4.79 Å². The molecule has 3 unspecified atom stereocenters. The molecule has 104 valence electrons. The molecule has 2 fully saturated rings. The zero-order valence-electron chi connectivity index (χ0n) is 12.6. The van der Waals surface area contributed by atoms with Gasteiger partial charge in [-0.2, -0.15) is 0 Å². The van der Waals surface area contributed by atoms with Gasteiger partial charge in [0.05, 0.1) is 6.10 Å². The molecule has 0 radical (unpaired) electrons. The fourth-order valence-electron chi connectivity index (χ4n) is 3.78. The summed E-state index contributed by atoms with van der Waals surface area (Å²) < 4.78 is 6.46. The third kappa shape index (κ3) is 2.72. The summed E-state index contributed by atoms with van der Waals surface area (Å²) in [6, 6.07) is 1.23. The minimum Gasteiger partial charge on any atom is -0.414 e. The fraction of sp³-hybridized carbons (Fsp3) is 0.933. The first kappa shape index (κ1) is 14.3. The Morgan fingerprint density at radius 3 is 2.61 bits per heavy atom. The van der Waals surface area contributed by atoms with Gasteiger partial charge in [-0.25, -0.2) is 0 Å². The molecule has 0 heterocycles. The molecule has 0 spiro atoms. The molecule has 3 atom stereocenters. The highest BCUT2D eigenvalue weighted by Crippen LogP contribution is 2.65. The molecule has 3 heteroatoms. The molecule has 2 saturated carbocycles. The molecule has 2 aliphatic rings. The van der Waals surface area contributed by atoms with Crippen molar-refractivity contribution >= 4 is 14.1 Å². The second kappa shape index (κ2) is 4.75. The summed E-state index contributed by atoms with van der Waals surface area (Å²) >= 11 is 0. The Bertz CT molecular complexity index is 335. The standard InChI is InChI=1S/C15H28O2Si/c1-6-7-8-18(4,5)17-13-10-11(16)9-12-14(13)15(12,2)3/h12-14H,6-10H2,1-5H3. The second-order valence-electron chi connectivity index (χ2n) is 7.42. The third-order valence-corrected chi connectivity index (χ3v) is 7.52. The lowest BCUT2D eigenvalue weighted by molar-refractivity contribution is -0.122. The van der Waals surface area contributed by atoms with E-state index in [0.717, 1.165) is 6.42 Å². The van der Waals surface area contributed by atoms with Gasteiger partial charge in [0.1, 0.15) is 5.78 Å². The van der Waals surface area contributed by atoms with Gasteiger partial charge in [0.2, 0.25) is 0 Å². The van der Waals surface area contributed by atoms with E-state index in [1.807, 2.05) is 0 Å². The highest BCUT2D eigenvalue weighted by Gasteiger charge is 2.64. The van der Waals surface area contributed by atoms with Gasteiger partial charge < -0.3 is 4.43 Å². The molecule has 2 rings (SSSR count). The minimum absolute atomic E-state index is 0.227. The minimum atomic E-state index is -1.57. The molecule has 0 aliphatic heterocycles. The van der Waals surface area contributed by atoms with Crippen LogP contribution in [0.1, 0.15) is 46.5 Å². The van der Waals surface area contributed by atoms with Crippen LogP contribution in [0.15, 0.2) is 0 Å². The number of carbonyl (C=O) groups is 1. The maximum absolute atomic E-state index is 11.8. The smallest absolute Gasteiger partial charge is 0.187 e. The topological polar surface area (TPSA) is 26.3 Å². The van der Waals surface area contributed by atoms with Crippen LogP contribution in [-0.4, -0.2) is 20.2 Å². The van der Waals surface area contributed by atoms with Crippen molar-refractivity contribution in [3.63, 3.8) is 0 Å². The zero-order valence-corrected chi connectivity index (χ0v) is 13.6. The van der Waals surface area contributed by atoms with E-state index in [4.69, 9.17) is 4.43 Å². The van der Waals surface area contributed by atoms with E-state index in [1.165, 1.54) is 18.9 Å². The Morgan fingerprint density at radius 1 is 1.33 bits per heavy atom. The van der Waals surface area contributed by atoms with Gasteiger partial charge in [-0.1, -0.05) is 33.6 Å². The van der Waals surface area contributed by atoms with Crippen molar-refractivity contribution < 1.29 is 9.22 Å². The number of ketones is 1. The zero-order chi connectivity index (χ0) is 13.6. The van der Waals surface area contributed by atoms with Gasteiger partial charge in [0, 0.05) is 12.8 Å². The molecule has 18 heavy (non-hydrogen) atoms. The first-order chi connectivity index (χ1) is 8.28. The van der Waals surface area contributed by atoms with Gasteiger partial charge in [-0.3, -0.25) is 4.79 Å². The average molecular weight is 268 g/mol. The quantitative estimate of drug-likeness (QED) is 0.704. The Hall–Kier alpha value is -0.153. The predicted octanol–water partition coefficient (Wildman–Crippen LogP) is 4.01. The van der Waals surface area contributed by atoms with Crippen LogP contribution < -0.4 is 0 Å². The van der Waals surface area contributed by atoms with Crippen molar-refractivity contribution in [2.24, 2.45) is 17.3 Å². The van der Waals surface area contributed by atoms with E-state index in [1.54, 1.807) is 0 Å². The molecule has 0 aromatic heterocycles. The first-order valence-corrected chi connectivity index (χ1v) is 10.6. The number of unbranched alkanes of at least 4 members (excludes halogenated alkanes) is 1. The number of carbonyl (C=O) groups excluding carboxylic acids is 1. The first-order valence-electron chi connectivity index (χ1n) is 7.47. The molecule has 0 bridgehead atoms. The van der Waals surface area contributed by atoms with Crippen LogP contribution in [-0.2, 0) is 9.22 Å². The molecule has 0 N–H and O–H groups in total. The Morgan fingerprint density at radius 2 is 2.00 bits per heavy atom. The van der Waals surface area contributed by atoms with E-state index in [2.05, 4.69) is 33.9 Å². The molecular weight excluding hydrogens is 240 g/mol. The van der Waals surface area contributed by atoms with E-state index in [0.29, 0.717) is 29.5 Å². The van der Waals surface area contributed by atoms with Crippen LogP contribution in [0.3, 0.4) is 0 Å². The van der Waals surface area contributed by atoms with Gasteiger partial charge in [-0.15, -0.1) is 0 Å². The van der Waals surface area contributed by atoms with E-state index in [-0.39, 0.29) is 6.10 Å². The summed E-state index contributed by atoms with van der Waals surface area (Å²) in [6.07, 6.45) is 4.20. The van der Waals surface area contributed by atoms with Gasteiger partial charge >= 0.3 is 0 Å². The summed E-state index contributed by atoms with van der Waals surface area (Å²) in [4.78, 5) is 11.8. The van der Waals surface area contributed by atoms with Crippen molar-refractivity contribution in [1.82, 2.24) is 0 Å². The van der Waals surface area contributed by atoms with Crippen LogP contribution in [0.2, 0.25) is 19.1 Å². The molecule has 0 aromatic rings. The van der Waals surface area contributed by atoms with Crippen molar-refractivity contribution in [2.45, 2.75) is 71.7 Å².